The smallest absolute Gasteiger partial charge is 0.241 e. The maximum atomic E-state index is 12.3. The maximum Gasteiger partial charge on any atom is 0.241 e. The van der Waals surface area contributed by atoms with Crippen LogP contribution in [-0.4, -0.2) is 33.2 Å². The second-order valence-corrected chi connectivity index (χ2v) is 9.17. The Bertz CT molecular complexity index is 943. The summed E-state index contributed by atoms with van der Waals surface area (Å²) in [5, 5.41) is 3.12. The van der Waals surface area contributed by atoms with Crippen LogP contribution in [0.15, 0.2) is 42.5 Å². The van der Waals surface area contributed by atoms with E-state index < -0.39 is 21.7 Å². The van der Waals surface area contributed by atoms with Crippen molar-refractivity contribution in [3.8, 4) is 0 Å². The Kier molecular flexibility index (Phi) is 6.69. The average Bonchev–Trinajstić information content (AvgIpc) is 2.65. The van der Waals surface area contributed by atoms with E-state index in [0.717, 1.165) is 18.8 Å². The zero-order valence-electron chi connectivity index (χ0n) is 15.1. The molecule has 0 saturated carbocycles. The number of rotatable bonds is 6. The summed E-state index contributed by atoms with van der Waals surface area (Å²) < 4.78 is 27.0. The molecule has 3 rings (SSSR count). The fourth-order valence-corrected chi connectivity index (χ4v) is 4.33. The minimum Gasteiger partial charge on any atom is -0.372 e. The number of carbonyl (C=O) groups is 1. The molecule has 0 unspecified atom stereocenters. The predicted octanol–water partition coefficient (Wildman–Crippen LogP) is 4.36. The van der Waals surface area contributed by atoms with Gasteiger partial charge in [0, 0.05) is 30.2 Å². The summed E-state index contributed by atoms with van der Waals surface area (Å²) >= 11 is 11.7. The van der Waals surface area contributed by atoms with Gasteiger partial charge in [0.05, 0.1) is 10.0 Å². The molecule has 0 spiro atoms. The van der Waals surface area contributed by atoms with Gasteiger partial charge in [-0.3, -0.25) is 9.52 Å². The fraction of sp³-hybridized carbons (Fsp3) is 0.316. The van der Waals surface area contributed by atoms with Gasteiger partial charge in [0.25, 0.3) is 0 Å². The van der Waals surface area contributed by atoms with Crippen LogP contribution in [0.2, 0.25) is 10.0 Å². The van der Waals surface area contributed by atoms with Gasteiger partial charge in [0.15, 0.2) is 0 Å². The summed E-state index contributed by atoms with van der Waals surface area (Å²) in [7, 11) is -3.84. The first-order valence-electron chi connectivity index (χ1n) is 8.93. The number of amides is 1. The molecule has 1 heterocycles. The number of hydrogen-bond donors (Lipinski definition) is 2. The molecule has 2 N–H and O–H groups in total. The summed E-state index contributed by atoms with van der Waals surface area (Å²) in [6.07, 6.45) is 3.59. The molecule has 1 aliphatic heterocycles. The van der Waals surface area contributed by atoms with Gasteiger partial charge >= 0.3 is 0 Å². The summed E-state index contributed by atoms with van der Waals surface area (Å²) in [6.45, 7) is 2.03. The Balaban J connectivity index is 1.58. The molecule has 0 aliphatic carbocycles. The molecular weight excluding hydrogens is 421 g/mol. The molecule has 0 aromatic heterocycles. The van der Waals surface area contributed by atoms with Gasteiger partial charge in [-0.05, 0) is 61.7 Å². The highest BCUT2D eigenvalue weighted by Crippen LogP contribution is 2.25. The molecule has 0 radical (unpaired) electrons. The van der Waals surface area contributed by atoms with E-state index in [1.807, 2.05) is 12.1 Å². The molecule has 28 heavy (non-hydrogen) atoms. The van der Waals surface area contributed by atoms with Gasteiger partial charge in [-0.15, -0.1) is 0 Å². The molecule has 150 valence electrons. The van der Waals surface area contributed by atoms with Crippen LogP contribution in [0.1, 0.15) is 19.3 Å². The number of carbonyl (C=O) groups excluding carboxylic acids is 1. The first-order valence-corrected chi connectivity index (χ1v) is 11.3. The third-order valence-corrected chi connectivity index (χ3v) is 6.31. The summed E-state index contributed by atoms with van der Waals surface area (Å²) in [6, 6.07) is 11.7. The third-order valence-electron chi connectivity index (χ3n) is 4.39. The fourth-order valence-electron chi connectivity index (χ4n) is 3.05. The summed E-state index contributed by atoms with van der Waals surface area (Å²) in [5.41, 5.74) is 1.86. The van der Waals surface area contributed by atoms with Crippen molar-refractivity contribution < 1.29 is 13.2 Å². The normalized spacial score (nSPS) is 14.6. The number of sulfonamides is 1. The molecular formula is C19H21Cl2N3O3S. The van der Waals surface area contributed by atoms with E-state index in [1.54, 1.807) is 18.2 Å². The first kappa shape index (κ1) is 20.8. The second-order valence-electron chi connectivity index (χ2n) is 6.63. The first-order chi connectivity index (χ1) is 13.3. The molecule has 6 nitrogen and oxygen atoms in total. The second kappa shape index (κ2) is 9.03. The number of benzene rings is 2. The molecule has 2 aromatic carbocycles. The molecule has 1 saturated heterocycles. The lowest BCUT2D eigenvalue weighted by molar-refractivity contribution is -0.113. The Morgan fingerprint density at radius 1 is 0.929 bits per heavy atom. The Morgan fingerprint density at radius 3 is 2.21 bits per heavy atom. The highest BCUT2D eigenvalue weighted by Gasteiger charge is 2.18. The molecule has 1 aliphatic rings. The van der Waals surface area contributed by atoms with Crippen molar-refractivity contribution in [2.75, 3.05) is 33.8 Å². The number of nitrogens with one attached hydrogen (secondary N) is 2. The Hall–Kier alpha value is -1.96. The standard InChI is InChI=1S/C19H21Cl2N3O3S/c20-17-9-6-15(12-18(17)21)22-19(25)13-28(26,27)23-14-4-7-16(8-5-14)24-10-2-1-3-11-24/h4-9,12,23H,1-3,10-11,13H2,(H,22,25). The Morgan fingerprint density at radius 2 is 1.57 bits per heavy atom. The van der Waals surface area contributed by atoms with E-state index in [-0.39, 0.29) is 5.02 Å². The van der Waals surface area contributed by atoms with Crippen molar-refractivity contribution in [2.24, 2.45) is 0 Å². The van der Waals surface area contributed by atoms with Crippen LogP contribution in [0.25, 0.3) is 0 Å². The summed E-state index contributed by atoms with van der Waals surface area (Å²) in [4.78, 5) is 14.3. The topological polar surface area (TPSA) is 78.5 Å². The Labute approximate surface area is 174 Å². The van der Waals surface area contributed by atoms with Gasteiger partial charge in [-0.1, -0.05) is 23.2 Å². The van der Waals surface area contributed by atoms with Crippen LogP contribution in [-0.2, 0) is 14.8 Å². The number of nitrogens with zero attached hydrogens (tertiary/aromatic N) is 1. The van der Waals surface area contributed by atoms with Gasteiger partial charge in [-0.2, -0.15) is 0 Å². The number of hydrogen-bond acceptors (Lipinski definition) is 4. The van der Waals surface area contributed by atoms with Crippen molar-refractivity contribution >= 4 is 56.2 Å². The van der Waals surface area contributed by atoms with Crippen LogP contribution in [0.4, 0.5) is 17.1 Å². The number of halogens is 2. The minimum absolute atomic E-state index is 0.272. The van der Waals surface area contributed by atoms with Crippen LogP contribution in [0.3, 0.4) is 0 Å². The zero-order valence-corrected chi connectivity index (χ0v) is 17.4. The molecule has 0 bridgehead atoms. The minimum atomic E-state index is -3.84. The van der Waals surface area contributed by atoms with Gasteiger partial charge in [0.2, 0.25) is 15.9 Å². The molecule has 1 fully saturated rings. The van der Waals surface area contributed by atoms with Crippen LogP contribution in [0, 0.1) is 0 Å². The van der Waals surface area contributed by atoms with Crippen molar-refractivity contribution in [3.63, 3.8) is 0 Å². The van der Waals surface area contributed by atoms with Crippen LogP contribution in [0.5, 0.6) is 0 Å². The van der Waals surface area contributed by atoms with Crippen molar-refractivity contribution in [3.05, 3.63) is 52.5 Å². The molecule has 9 heteroatoms. The lowest BCUT2D eigenvalue weighted by Gasteiger charge is -2.28. The number of piperidine rings is 1. The van der Waals surface area contributed by atoms with Crippen molar-refractivity contribution in [2.45, 2.75) is 19.3 Å². The predicted molar refractivity (Wildman–Crippen MR) is 115 cm³/mol. The van der Waals surface area contributed by atoms with Crippen LogP contribution < -0.4 is 14.9 Å². The van der Waals surface area contributed by atoms with Gasteiger partial charge in [-0.25, -0.2) is 8.42 Å². The van der Waals surface area contributed by atoms with E-state index >= 15 is 0 Å². The lowest BCUT2D eigenvalue weighted by atomic mass is 10.1. The molecule has 2 aromatic rings. The SMILES string of the molecule is O=C(CS(=O)(=O)Nc1ccc(N2CCCCC2)cc1)Nc1ccc(Cl)c(Cl)c1. The van der Waals surface area contributed by atoms with Gasteiger partial charge in [0.1, 0.15) is 5.75 Å². The third kappa shape index (κ3) is 5.77. The maximum absolute atomic E-state index is 12.3. The van der Waals surface area contributed by atoms with E-state index in [4.69, 9.17) is 23.2 Å². The zero-order chi connectivity index (χ0) is 20.1. The highest BCUT2D eigenvalue weighted by atomic mass is 35.5. The monoisotopic (exact) mass is 441 g/mol. The van der Waals surface area contributed by atoms with Gasteiger partial charge < -0.3 is 10.2 Å². The largest absolute Gasteiger partial charge is 0.372 e. The van der Waals surface area contributed by atoms with E-state index in [0.29, 0.717) is 16.4 Å². The highest BCUT2D eigenvalue weighted by molar-refractivity contribution is 7.93. The lowest BCUT2D eigenvalue weighted by Crippen LogP contribution is -2.29. The van der Waals surface area contributed by atoms with Crippen molar-refractivity contribution in [1.29, 1.82) is 0 Å². The van der Waals surface area contributed by atoms with E-state index in [2.05, 4.69) is 14.9 Å². The molecule has 0 atom stereocenters. The molecule has 1 amide bonds. The van der Waals surface area contributed by atoms with Crippen LogP contribution >= 0.6 is 23.2 Å². The van der Waals surface area contributed by atoms with E-state index in [1.165, 1.54) is 31.4 Å². The van der Waals surface area contributed by atoms with Crippen molar-refractivity contribution in [1.82, 2.24) is 0 Å². The number of anilines is 3. The average molecular weight is 442 g/mol. The van der Waals surface area contributed by atoms with E-state index in [9.17, 15) is 13.2 Å². The summed E-state index contributed by atoms with van der Waals surface area (Å²) in [5.74, 6) is -1.38. The quantitative estimate of drug-likeness (QED) is 0.697.